The van der Waals surface area contributed by atoms with E-state index in [1.165, 1.54) is 128 Å². The Morgan fingerprint density at radius 2 is 0.692 bits per heavy atom. The number of allylic oxidation sites excluding steroid dienone is 4. The maximum absolute atomic E-state index is 13.0. The summed E-state index contributed by atoms with van der Waals surface area (Å²) in [5, 5.41) is 0. The molecule has 382 valence electrons. The Bertz CT molecular complexity index is 1090. The highest BCUT2D eigenvalue weighted by molar-refractivity contribution is 5.85. The van der Waals surface area contributed by atoms with Gasteiger partial charge in [0.25, 0.3) is 0 Å². The molecule has 65 heavy (non-hydrogen) atoms. The molecule has 13 heteroatoms. The van der Waals surface area contributed by atoms with Crippen molar-refractivity contribution < 1.29 is 28.7 Å². The molecule has 0 saturated heterocycles. The standard InChI is InChI=1S/C52H100N6O6.ClH/c1-3-5-7-9-11-13-15-17-19-21-23-25-27-29-31-35-43-63-49(59)37-41-57(51(61)47(55)45-53)39-33-34-40-58(52(62)48(56)46-54)42-38-50(60)64-44-36-32-30-28-26-24-22-20-18-16-14-12-10-8-6-4-2;/h17-20,47-48H,3-16,21-46,53-56H2,1-2H3;1H/b19-17-,20-18-;/t47-,48-;/m0./s1. The molecular weight excluding hydrogens is 840 g/mol. The smallest absolute Gasteiger partial charge is 0.307 e. The molecule has 0 aromatic rings. The van der Waals surface area contributed by atoms with Gasteiger partial charge >= 0.3 is 11.9 Å². The van der Waals surface area contributed by atoms with Gasteiger partial charge in [-0.15, -0.1) is 12.4 Å². The predicted octanol–water partition coefficient (Wildman–Crippen LogP) is 10.4. The third-order valence-corrected chi connectivity index (χ3v) is 11.9. The van der Waals surface area contributed by atoms with Crippen LogP contribution in [0.1, 0.15) is 219 Å². The number of ether oxygens (including phenoxy) is 2. The molecule has 0 radical (unpaired) electrons. The van der Waals surface area contributed by atoms with Crippen molar-refractivity contribution in [1.82, 2.24) is 9.80 Å². The van der Waals surface area contributed by atoms with Gasteiger partial charge in [-0.2, -0.15) is 0 Å². The third kappa shape index (κ3) is 41.4. The Morgan fingerprint density at radius 1 is 0.415 bits per heavy atom. The monoisotopic (exact) mass is 941 g/mol. The van der Waals surface area contributed by atoms with Gasteiger partial charge in [0.05, 0.1) is 38.1 Å². The summed E-state index contributed by atoms with van der Waals surface area (Å²) in [6, 6.07) is -1.75. The summed E-state index contributed by atoms with van der Waals surface area (Å²) >= 11 is 0. The Kier molecular flexibility index (Phi) is 49.1. The number of carbonyl (C=O) groups excluding carboxylic acids is 4. The molecule has 0 bridgehead atoms. The van der Waals surface area contributed by atoms with Crippen molar-refractivity contribution in [3.8, 4) is 0 Å². The van der Waals surface area contributed by atoms with Gasteiger partial charge in [0.1, 0.15) is 0 Å². The number of carbonyl (C=O) groups is 4. The zero-order valence-corrected chi connectivity index (χ0v) is 42.6. The van der Waals surface area contributed by atoms with Gasteiger partial charge < -0.3 is 42.2 Å². The maximum Gasteiger partial charge on any atom is 0.307 e. The lowest BCUT2D eigenvalue weighted by molar-refractivity contribution is -0.146. The molecule has 0 aliphatic carbocycles. The minimum absolute atomic E-state index is 0. The highest BCUT2D eigenvalue weighted by atomic mass is 35.5. The van der Waals surface area contributed by atoms with Gasteiger partial charge in [-0.25, -0.2) is 0 Å². The first-order valence-corrected chi connectivity index (χ1v) is 26.3. The van der Waals surface area contributed by atoms with Crippen LogP contribution in [0.2, 0.25) is 0 Å². The summed E-state index contributed by atoms with van der Waals surface area (Å²) in [5.74, 6) is -1.35. The van der Waals surface area contributed by atoms with Crippen LogP contribution in [0.5, 0.6) is 0 Å². The first kappa shape index (κ1) is 64.6. The number of nitrogens with zero attached hydrogens (tertiary/aromatic N) is 2. The molecule has 2 amide bonds. The Labute approximate surface area is 404 Å². The highest BCUT2D eigenvalue weighted by Gasteiger charge is 2.23. The number of esters is 2. The number of amides is 2. The fourth-order valence-electron chi connectivity index (χ4n) is 7.61. The highest BCUT2D eigenvalue weighted by Crippen LogP contribution is 2.13. The van der Waals surface area contributed by atoms with E-state index in [0.29, 0.717) is 39.1 Å². The average Bonchev–Trinajstić information content (AvgIpc) is 3.30. The van der Waals surface area contributed by atoms with Crippen molar-refractivity contribution in [2.45, 2.75) is 231 Å². The topological polar surface area (TPSA) is 197 Å². The van der Waals surface area contributed by atoms with Crippen molar-refractivity contribution in [3.05, 3.63) is 24.3 Å². The van der Waals surface area contributed by atoms with Gasteiger partial charge in [-0.3, -0.25) is 19.2 Å². The fourth-order valence-corrected chi connectivity index (χ4v) is 7.61. The number of halogens is 1. The van der Waals surface area contributed by atoms with E-state index in [9.17, 15) is 19.2 Å². The molecule has 12 nitrogen and oxygen atoms in total. The Morgan fingerprint density at radius 3 is 0.985 bits per heavy atom. The van der Waals surface area contributed by atoms with Crippen LogP contribution in [0.4, 0.5) is 0 Å². The van der Waals surface area contributed by atoms with E-state index < -0.39 is 12.1 Å². The third-order valence-electron chi connectivity index (χ3n) is 11.9. The van der Waals surface area contributed by atoms with Crippen LogP contribution in [0.3, 0.4) is 0 Å². The second kappa shape index (κ2) is 49.4. The average molecular weight is 942 g/mol. The lowest BCUT2D eigenvalue weighted by atomic mass is 10.1. The summed E-state index contributed by atoms with van der Waals surface area (Å²) in [7, 11) is 0. The first-order chi connectivity index (χ1) is 31.2. The Balaban J connectivity index is 0. The normalized spacial score (nSPS) is 12.3. The van der Waals surface area contributed by atoms with E-state index in [1.807, 2.05) is 0 Å². The van der Waals surface area contributed by atoms with Crippen molar-refractivity contribution in [3.63, 3.8) is 0 Å². The van der Waals surface area contributed by atoms with Crippen molar-refractivity contribution in [2.24, 2.45) is 22.9 Å². The van der Waals surface area contributed by atoms with E-state index in [2.05, 4.69) is 38.2 Å². The molecule has 0 aliphatic heterocycles. The summed E-state index contributed by atoms with van der Waals surface area (Å²) < 4.78 is 10.9. The van der Waals surface area contributed by atoms with Gasteiger partial charge in [-0.05, 0) is 77.0 Å². The van der Waals surface area contributed by atoms with Crippen LogP contribution in [0.25, 0.3) is 0 Å². The second-order valence-electron chi connectivity index (χ2n) is 17.9. The number of nitrogens with two attached hydrogens (primary N) is 4. The van der Waals surface area contributed by atoms with Crippen molar-refractivity contribution in [1.29, 1.82) is 0 Å². The lowest BCUT2D eigenvalue weighted by Gasteiger charge is -2.27. The molecule has 0 aromatic carbocycles. The molecule has 0 aromatic heterocycles. The molecule has 0 heterocycles. The van der Waals surface area contributed by atoms with E-state index in [0.717, 1.165) is 51.4 Å². The maximum atomic E-state index is 13.0. The molecule has 0 saturated carbocycles. The fraction of sp³-hybridized carbons (Fsp3) is 0.846. The molecule has 2 atom stereocenters. The minimum Gasteiger partial charge on any atom is -0.466 e. The van der Waals surface area contributed by atoms with Gasteiger partial charge in [0.2, 0.25) is 11.8 Å². The lowest BCUT2D eigenvalue weighted by Crippen LogP contribution is -2.49. The van der Waals surface area contributed by atoms with Crippen molar-refractivity contribution in [2.75, 3.05) is 52.5 Å². The van der Waals surface area contributed by atoms with Crippen molar-refractivity contribution >= 4 is 36.2 Å². The number of rotatable bonds is 47. The predicted molar refractivity (Wildman–Crippen MR) is 274 cm³/mol. The second-order valence-corrected chi connectivity index (χ2v) is 17.9. The van der Waals surface area contributed by atoms with E-state index in [1.54, 1.807) is 9.80 Å². The van der Waals surface area contributed by atoms with Crippen LogP contribution in [0.15, 0.2) is 24.3 Å². The first-order valence-electron chi connectivity index (χ1n) is 26.3. The van der Waals surface area contributed by atoms with Crippen LogP contribution in [0, 0.1) is 0 Å². The zero-order chi connectivity index (χ0) is 47.1. The van der Waals surface area contributed by atoms with Crippen LogP contribution >= 0.6 is 12.4 Å². The molecule has 0 spiro atoms. The summed E-state index contributed by atoms with van der Waals surface area (Å²) in [6.45, 7) is 6.23. The minimum atomic E-state index is -0.874. The molecule has 0 unspecified atom stereocenters. The van der Waals surface area contributed by atoms with Crippen LogP contribution in [-0.2, 0) is 28.7 Å². The quantitative estimate of drug-likeness (QED) is 0.0259. The van der Waals surface area contributed by atoms with Crippen LogP contribution < -0.4 is 22.9 Å². The summed E-state index contributed by atoms with van der Waals surface area (Å²) in [4.78, 5) is 54.3. The SMILES string of the molecule is CCCCCCCC/C=C\CCCCCCCCOC(=O)CCN(CCCCN(CCC(=O)OCCCCCCCC/C=C\CCCCCCCC)C(=O)[C@@H](N)CN)C(=O)[C@@H](N)CN.Cl. The number of unbranched alkanes of at least 4 members (excludes halogenated alkanes) is 25. The molecule has 0 fully saturated rings. The van der Waals surface area contributed by atoms with Gasteiger partial charge in [-0.1, -0.05) is 154 Å². The number of hydrogen-bond donors (Lipinski definition) is 4. The zero-order valence-electron chi connectivity index (χ0n) is 41.8. The summed E-state index contributed by atoms with van der Waals surface area (Å²) in [6.07, 6.45) is 44.6. The Hall–Kier alpha value is -2.51. The largest absolute Gasteiger partial charge is 0.466 e. The van der Waals surface area contributed by atoms with Gasteiger partial charge in [0, 0.05) is 39.3 Å². The van der Waals surface area contributed by atoms with Gasteiger partial charge in [0.15, 0.2) is 0 Å². The van der Waals surface area contributed by atoms with E-state index in [4.69, 9.17) is 32.4 Å². The molecule has 0 aliphatic rings. The van der Waals surface area contributed by atoms with Crippen LogP contribution in [-0.4, -0.2) is 98.1 Å². The van der Waals surface area contributed by atoms with E-state index >= 15 is 0 Å². The summed E-state index contributed by atoms with van der Waals surface area (Å²) in [5.41, 5.74) is 23.4. The molecule has 8 N–H and O–H groups in total. The van der Waals surface area contributed by atoms with E-state index in [-0.39, 0.29) is 75.2 Å². The number of hydrogen-bond acceptors (Lipinski definition) is 10. The molecule has 0 rings (SSSR count). The molecular formula is C52H101ClN6O6.